The van der Waals surface area contributed by atoms with Crippen LogP contribution in [0.25, 0.3) is 11.4 Å². The fourth-order valence-corrected chi connectivity index (χ4v) is 2.23. The van der Waals surface area contributed by atoms with Gasteiger partial charge >= 0.3 is 0 Å². The van der Waals surface area contributed by atoms with Gasteiger partial charge in [0.1, 0.15) is 5.82 Å². The van der Waals surface area contributed by atoms with Crippen molar-refractivity contribution in [2.24, 2.45) is 0 Å². The van der Waals surface area contributed by atoms with Crippen LogP contribution in [0.4, 0.5) is 5.69 Å². The predicted octanol–water partition coefficient (Wildman–Crippen LogP) is 3.30. The maximum atomic E-state index is 5.97. The molecule has 3 aromatic rings. The van der Waals surface area contributed by atoms with Gasteiger partial charge in [0.25, 0.3) is 0 Å². The van der Waals surface area contributed by atoms with E-state index in [1.54, 1.807) is 0 Å². The summed E-state index contributed by atoms with van der Waals surface area (Å²) in [5.41, 5.74) is 8.45. The number of aromatic nitrogens is 3. The molecule has 0 atom stereocenters. The Bertz CT molecular complexity index is 736. The van der Waals surface area contributed by atoms with Crippen molar-refractivity contribution in [1.29, 1.82) is 0 Å². The molecule has 0 amide bonds. The first-order valence-corrected chi connectivity index (χ1v) is 6.60. The summed E-state index contributed by atoms with van der Waals surface area (Å²) < 4.78 is 0. The van der Waals surface area contributed by atoms with E-state index < -0.39 is 0 Å². The van der Waals surface area contributed by atoms with Crippen LogP contribution in [0.2, 0.25) is 5.02 Å². The molecule has 1 heterocycles. The Morgan fingerprint density at radius 3 is 2.75 bits per heavy atom. The fourth-order valence-electron chi connectivity index (χ4n) is 2.02. The van der Waals surface area contributed by atoms with Crippen molar-refractivity contribution in [3.05, 3.63) is 64.9 Å². The maximum Gasteiger partial charge on any atom is 0.181 e. The Morgan fingerprint density at radius 1 is 1.10 bits per heavy atom. The van der Waals surface area contributed by atoms with Crippen molar-refractivity contribution in [3.8, 4) is 11.4 Å². The summed E-state index contributed by atoms with van der Waals surface area (Å²) in [6.45, 7) is 0. The van der Waals surface area contributed by atoms with Crippen LogP contribution < -0.4 is 5.73 Å². The Morgan fingerprint density at radius 2 is 1.95 bits per heavy atom. The molecule has 1 aromatic heterocycles. The number of benzene rings is 2. The molecule has 0 unspecified atom stereocenters. The van der Waals surface area contributed by atoms with Crippen LogP contribution in [0.1, 0.15) is 11.4 Å². The second-order valence-electron chi connectivity index (χ2n) is 4.54. The molecule has 100 valence electrons. The number of hydrogen-bond donors (Lipinski definition) is 2. The molecule has 0 aliphatic heterocycles. The zero-order chi connectivity index (χ0) is 13.9. The van der Waals surface area contributed by atoms with E-state index in [1.165, 1.54) is 0 Å². The highest BCUT2D eigenvalue weighted by atomic mass is 35.5. The molecule has 3 rings (SSSR count). The van der Waals surface area contributed by atoms with Crippen molar-refractivity contribution in [3.63, 3.8) is 0 Å². The van der Waals surface area contributed by atoms with Gasteiger partial charge in [0.15, 0.2) is 5.82 Å². The number of rotatable bonds is 3. The van der Waals surface area contributed by atoms with Crippen molar-refractivity contribution in [2.45, 2.75) is 6.42 Å². The number of hydrogen-bond acceptors (Lipinski definition) is 3. The number of nitrogens with one attached hydrogen (secondary N) is 1. The summed E-state index contributed by atoms with van der Waals surface area (Å²) in [4.78, 5) is 4.48. The molecule has 0 aliphatic carbocycles. The molecule has 4 nitrogen and oxygen atoms in total. The molecule has 5 heteroatoms. The fraction of sp³-hybridized carbons (Fsp3) is 0.0667. The molecular formula is C15H13ClN4. The second-order valence-corrected chi connectivity index (χ2v) is 4.97. The Kier molecular flexibility index (Phi) is 3.39. The molecular weight excluding hydrogens is 272 g/mol. The van der Waals surface area contributed by atoms with Crippen LogP contribution in [0, 0.1) is 0 Å². The van der Waals surface area contributed by atoms with Crippen molar-refractivity contribution < 1.29 is 0 Å². The van der Waals surface area contributed by atoms with Gasteiger partial charge in [0, 0.05) is 22.7 Å². The number of H-pyrrole nitrogens is 1. The molecule has 20 heavy (non-hydrogen) atoms. The highest BCUT2D eigenvalue weighted by Crippen LogP contribution is 2.18. The summed E-state index contributed by atoms with van der Waals surface area (Å²) in [7, 11) is 0. The smallest absolute Gasteiger partial charge is 0.181 e. The van der Waals surface area contributed by atoms with Crippen LogP contribution in [0.3, 0.4) is 0 Å². The quantitative estimate of drug-likeness (QED) is 0.725. The standard InChI is InChI=1S/C15H13ClN4/c16-12-5-1-3-10(7-12)8-14-18-15(20-19-14)11-4-2-6-13(17)9-11/h1-7,9H,8,17H2,(H,18,19,20). The molecule has 3 N–H and O–H groups in total. The zero-order valence-electron chi connectivity index (χ0n) is 10.7. The van der Waals surface area contributed by atoms with Gasteiger partial charge in [-0.25, -0.2) is 4.98 Å². The average Bonchev–Trinajstić information content (AvgIpc) is 2.87. The Hall–Kier alpha value is -2.33. The average molecular weight is 285 g/mol. The molecule has 0 aliphatic rings. The third kappa shape index (κ3) is 2.81. The zero-order valence-corrected chi connectivity index (χ0v) is 11.4. The lowest BCUT2D eigenvalue weighted by Gasteiger charge is -1.98. The van der Waals surface area contributed by atoms with E-state index in [9.17, 15) is 0 Å². The van der Waals surface area contributed by atoms with E-state index in [0.29, 0.717) is 17.9 Å². The number of aromatic amines is 1. The van der Waals surface area contributed by atoms with Crippen LogP contribution in [-0.4, -0.2) is 15.2 Å². The number of halogens is 1. The SMILES string of the molecule is Nc1cccc(-c2n[nH]c(Cc3cccc(Cl)c3)n2)c1. The molecule has 0 fully saturated rings. The minimum absolute atomic E-state index is 0.648. The van der Waals surface area contributed by atoms with E-state index in [-0.39, 0.29) is 0 Å². The van der Waals surface area contributed by atoms with Crippen LogP contribution >= 0.6 is 11.6 Å². The van der Waals surface area contributed by atoms with E-state index in [0.717, 1.165) is 22.0 Å². The Balaban J connectivity index is 1.84. The molecule has 0 saturated carbocycles. The highest BCUT2D eigenvalue weighted by Gasteiger charge is 2.07. The Labute approximate surface area is 121 Å². The minimum atomic E-state index is 0.648. The lowest BCUT2D eigenvalue weighted by Crippen LogP contribution is -1.91. The first-order chi connectivity index (χ1) is 9.70. The molecule has 2 aromatic carbocycles. The van der Waals surface area contributed by atoms with Crippen molar-refractivity contribution >= 4 is 17.3 Å². The van der Waals surface area contributed by atoms with E-state index in [2.05, 4.69) is 15.2 Å². The van der Waals surface area contributed by atoms with E-state index in [1.807, 2.05) is 48.5 Å². The summed E-state index contributed by atoms with van der Waals surface area (Å²) in [5.74, 6) is 1.44. The summed E-state index contributed by atoms with van der Waals surface area (Å²) in [5, 5.41) is 7.89. The van der Waals surface area contributed by atoms with Crippen molar-refractivity contribution in [2.75, 3.05) is 5.73 Å². The predicted molar refractivity (Wildman–Crippen MR) is 80.5 cm³/mol. The first-order valence-electron chi connectivity index (χ1n) is 6.22. The van der Waals surface area contributed by atoms with Gasteiger partial charge < -0.3 is 5.73 Å². The molecule has 0 radical (unpaired) electrons. The third-order valence-corrected chi connectivity index (χ3v) is 3.17. The molecule has 0 saturated heterocycles. The van der Waals surface area contributed by atoms with Crippen LogP contribution in [0.5, 0.6) is 0 Å². The number of nitrogens with two attached hydrogens (primary N) is 1. The lowest BCUT2D eigenvalue weighted by atomic mass is 10.1. The van der Waals surface area contributed by atoms with Gasteiger partial charge in [-0.15, -0.1) is 0 Å². The monoisotopic (exact) mass is 284 g/mol. The third-order valence-electron chi connectivity index (χ3n) is 2.94. The van der Waals surface area contributed by atoms with Gasteiger partial charge in [-0.3, -0.25) is 5.10 Å². The lowest BCUT2D eigenvalue weighted by molar-refractivity contribution is 0.973. The largest absolute Gasteiger partial charge is 0.399 e. The molecule has 0 spiro atoms. The normalized spacial score (nSPS) is 10.7. The first kappa shape index (κ1) is 12.7. The topological polar surface area (TPSA) is 67.6 Å². The van der Waals surface area contributed by atoms with E-state index >= 15 is 0 Å². The van der Waals surface area contributed by atoms with Gasteiger partial charge in [-0.05, 0) is 29.8 Å². The molecule has 0 bridgehead atoms. The second kappa shape index (κ2) is 5.35. The summed E-state index contributed by atoms with van der Waals surface area (Å²) in [6.07, 6.45) is 0.663. The van der Waals surface area contributed by atoms with Gasteiger partial charge in [-0.2, -0.15) is 5.10 Å². The van der Waals surface area contributed by atoms with Gasteiger partial charge in [0.2, 0.25) is 0 Å². The van der Waals surface area contributed by atoms with Gasteiger partial charge in [-0.1, -0.05) is 35.9 Å². The minimum Gasteiger partial charge on any atom is -0.399 e. The highest BCUT2D eigenvalue weighted by molar-refractivity contribution is 6.30. The van der Waals surface area contributed by atoms with E-state index in [4.69, 9.17) is 17.3 Å². The number of nitrogens with zero attached hydrogens (tertiary/aromatic N) is 2. The van der Waals surface area contributed by atoms with Crippen molar-refractivity contribution in [1.82, 2.24) is 15.2 Å². The summed E-state index contributed by atoms with van der Waals surface area (Å²) >= 11 is 5.97. The van der Waals surface area contributed by atoms with Gasteiger partial charge in [0.05, 0.1) is 0 Å². The summed E-state index contributed by atoms with van der Waals surface area (Å²) in [6, 6.07) is 15.2. The maximum absolute atomic E-state index is 5.97. The number of nitrogen functional groups attached to an aromatic ring is 1. The van der Waals surface area contributed by atoms with Crippen LogP contribution in [0.15, 0.2) is 48.5 Å². The van der Waals surface area contributed by atoms with Crippen LogP contribution in [-0.2, 0) is 6.42 Å². The number of anilines is 1.